The Hall–Kier alpha value is -3.41. The molecule has 1 aromatic heterocycles. The van der Waals surface area contributed by atoms with Gasteiger partial charge in [0.1, 0.15) is 11.6 Å². The van der Waals surface area contributed by atoms with Crippen molar-refractivity contribution in [2.75, 3.05) is 41.3 Å². The third kappa shape index (κ3) is 3.96. The van der Waals surface area contributed by atoms with Crippen molar-refractivity contribution < 1.29 is 9.18 Å². The standard InChI is InChI=1S/C22H21FN4O/c23-20-9-5-4-8-19(20)22(28)25-17-10-11-21(24-16-17)27-14-12-26(13-15-27)18-6-2-1-3-7-18/h1-11,16H,12-15H2,(H,25,28). The number of carbonyl (C=O) groups is 1. The summed E-state index contributed by atoms with van der Waals surface area (Å²) in [5.41, 5.74) is 1.80. The molecule has 2 aromatic carbocycles. The SMILES string of the molecule is O=C(Nc1ccc(N2CCN(c3ccccc3)CC2)nc1)c1ccccc1F. The maximum atomic E-state index is 13.7. The molecule has 0 saturated carbocycles. The van der Waals surface area contributed by atoms with Crippen LogP contribution in [0.2, 0.25) is 0 Å². The average molecular weight is 376 g/mol. The summed E-state index contributed by atoms with van der Waals surface area (Å²) in [6.45, 7) is 3.61. The third-order valence-corrected chi connectivity index (χ3v) is 4.85. The molecule has 28 heavy (non-hydrogen) atoms. The van der Waals surface area contributed by atoms with Crippen LogP contribution in [0.25, 0.3) is 0 Å². The summed E-state index contributed by atoms with van der Waals surface area (Å²) in [5.74, 6) is -0.151. The van der Waals surface area contributed by atoms with Gasteiger partial charge in [0.05, 0.1) is 17.4 Å². The Labute approximate surface area is 163 Å². The second-order valence-electron chi connectivity index (χ2n) is 6.65. The first-order chi connectivity index (χ1) is 13.7. The van der Waals surface area contributed by atoms with E-state index < -0.39 is 11.7 Å². The third-order valence-electron chi connectivity index (χ3n) is 4.85. The number of para-hydroxylation sites is 1. The summed E-state index contributed by atoms with van der Waals surface area (Å²) < 4.78 is 13.7. The summed E-state index contributed by atoms with van der Waals surface area (Å²) in [5, 5.41) is 2.69. The minimum atomic E-state index is -0.541. The Morgan fingerprint density at radius 1 is 0.857 bits per heavy atom. The Morgan fingerprint density at radius 3 is 2.21 bits per heavy atom. The van der Waals surface area contributed by atoms with Crippen LogP contribution in [0.1, 0.15) is 10.4 Å². The second kappa shape index (κ2) is 8.08. The van der Waals surface area contributed by atoms with Crippen molar-refractivity contribution in [1.29, 1.82) is 0 Å². The van der Waals surface area contributed by atoms with E-state index in [-0.39, 0.29) is 5.56 Å². The van der Waals surface area contributed by atoms with Gasteiger partial charge in [0.25, 0.3) is 5.91 Å². The lowest BCUT2D eigenvalue weighted by Crippen LogP contribution is -2.46. The van der Waals surface area contributed by atoms with Crippen LogP contribution in [0.3, 0.4) is 0 Å². The number of pyridine rings is 1. The van der Waals surface area contributed by atoms with Crippen LogP contribution in [-0.4, -0.2) is 37.1 Å². The van der Waals surface area contributed by atoms with Crippen molar-refractivity contribution in [3.8, 4) is 0 Å². The van der Waals surface area contributed by atoms with Gasteiger partial charge in [-0.05, 0) is 36.4 Å². The molecule has 1 N–H and O–H groups in total. The average Bonchev–Trinajstić information content (AvgIpc) is 2.75. The number of nitrogens with one attached hydrogen (secondary N) is 1. The molecule has 6 heteroatoms. The molecule has 0 bridgehead atoms. The fourth-order valence-corrected chi connectivity index (χ4v) is 3.32. The van der Waals surface area contributed by atoms with Gasteiger partial charge in [-0.15, -0.1) is 0 Å². The van der Waals surface area contributed by atoms with Crippen LogP contribution < -0.4 is 15.1 Å². The smallest absolute Gasteiger partial charge is 0.258 e. The first kappa shape index (κ1) is 18.0. The van der Waals surface area contributed by atoms with Gasteiger partial charge in [0, 0.05) is 31.9 Å². The Kier molecular flexibility index (Phi) is 5.19. The molecule has 5 nitrogen and oxygen atoms in total. The van der Waals surface area contributed by atoms with Crippen molar-refractivity contribution in [3.63, 3.8) is 0 Å². The van der Waals surface area contributed by atoms with Crippen LogP contribution in [0, 0.1) is 5.82 Å². The fourth-order valence-electron chi connectivity index (χ4n) is 3.32. The van der Waals surface area contributed by atoms with Crippen LogP contribution in [0.4, 0.5) is 21.6 Å². The van der Waals surface area contributed by atoms with Crippen molar-refractivity contribution in [3.05, 3.63) is 84.3 Å². The molecule has 0 spiro atoms. The van der Waals surface area contributed by atoms with Crippen molar-refractivity contribution in [1.82, 2.24) is 4.98 Å². The lowest BCUT2D eigenvalue weighted by molar-refractivity contribution is 0.102. The highest BCUT2D eigenvalue weighted by Crippen LogP contribution is 2.20. The van der Waals surface area contributed by atoms with Gasteiger partial charge in [-0.25, -0.2) is 9.37 Å². The van der Waals surface area contributed by atoms with E-state index in [2.05, 4.69) is 44.4 Å². The van der Waals surface area contributed by atoms with E-state index in [9.17, 15) is 9.18 Å². The van der Waals surface area contributed by atoms with Gasteiger partial charge in [-0.3, -0.25) is 4.79 Å². The lowest BCUT2D eigenvalue weighted by atomic mass is 10.2. The fraction of sp³-hybridized carbons (Fsp3) is 0.182. The molecule has 0 aliphatic carbocycles. The van der Waals surface area contributed by atoms with Crippen molar-refractivity contribution in [2.45, 2.75) is 0 Å². The number of benzene rings is 2. The molecule has 0 atom stereocenters. The van der Waals surface area contributed by atoms with Gasteiger partial charge in [-0.1, -0.05) is 30.3 Å². The lowest BCUT2D eigenvalue weighted by Gasteiger charge is -2.36. The number of amides is 1. The van der Waals surface area contributed by atoms with Crippen LogP contribution >= 0.6 is 0 Å². The molecule has 0 radical (unpaired) electrons. The van der Waals surface area contributed by atoms with Crippen LogP contribution in [0.15, 0.2) is 72.9 Å². The summed E-state index contributed by atoms with van der Waals surface area (Å²) >= 11 is 0. The molecule has 2 heterocycles. The number of rotatable bonds is 4. The molecule has 4 rings (SSSR count). The molecule has 0 unspecified atom stereocenters. The summed E-state index contributed by atoms with van der Waals surface area (Å²) in [6, 6.07) is 20.0. The van der Waals surface area contributed by atoms with E-state index in [1.807, 2.05) is 12.1 Å². The summed E-state index contributed by atoms with van der Waals surface area (Å²) in [6.07, 6.45) is 1.61. The molecule has 142 valence electrons. The van der Waals surface area contributed by atoms with Gasteiger partial charge in [0.15, 0.2) is 0 Å². The largest absolute Gasteiger partial charge is 0.368 e. The van der Waals surface area contributed by atoms with E-state index in [0.29, 0.717) is 5.69 Å². The zero-order chi connectivity index (χ0) is 19.3. The molecule has 1 fully saturated rings. The van der Waals surface area contributed by atoms with Crippen molar-refractivity contribution >= 4 is 23.1 Å². The predicted octanol–water partition coefficient (Wildman–Crippen LogP) is 3.80. The topological polar surface area (TPSA) is 48.5 Å². The first-order valence-corrected chi connectivity index (χ1v) is 9.27. The Morgan fingerprint density at radius 2 is 1.54 bits per heavy atom. The molecule has 1 amide bonds. The second-order valence-corrected chi connectivity index (χ2v) is 6.65. The summed E-state index contributed by atoms with van der Waals surface area (Å²) in [7, 11) is 0. The number of piperazine rings is 1. The minimum absolute atomic E-state index is 0.0172. The Balaban J connectivity index is 1.36. The van der Waals surface area contributed by atoms with E-state index in [1.165, 1.54) is 17.8 Å². The number of carbonyl (C=O) groups excluding carboxylic acids is 1. The van der Waals surface area contributed by atoms with Crippen molar-refractivity contribution in [2.24, 2.45) is 0 Å². The molecular formula is C22H21FN4O. The molecule has 1 saturated heterocycles. The number of aromatic nitrogens is 1. The Bertz CT molecular complexity index is 938. The highest BCUT2D eigenvalue weighted by atomic mass is 19.1. The van der Waals surface area contributed by atoms with Gasteiger partial charge in [0.2, 0.25) is 0 Å². The van der Waals surface area contributed by atoms with Crippen LogP contribution in [-0.2, 0) is 0 Å². The number of anilines is 3. The quantitative estimate of drug-likeness (QED) is 0.753. The number of nitrogens with zero attached hydrogens (tertiary/aromatic N) is 3. The monoisotopic (exact) mass is 376 g/mol. The van der Waals surface area contributed by atoms with Crippen LogP contribution in [0.5, 0.6) is 0 Å². The normalized spacial score (nSPS) is 14.0. The van der Waals surface area contributed by atoms with E-state index in [4.69, 9.17) is 0 Å². The highest BCUT2D eigenvalue weighted by Gasteiger charge is 2.18. The minimum Gasteiger partial charge on any atom is -0.368 e. The molecule has 1 aliphatic rings. The predicted molar refractivity (Wildman–Crippen MR) is 109 cm³/mol. The highest BCUT2D eigenvalue weighted by molar-refractivity contribution is 6.04. The van der Waals surface area contributed by atoms with E-state index >= 15 is 0 Å². The molecular weight excluding hydrogens is 355 g/mol. The first-order valence-electron chi connectivity index (χ1n) is 9.27. The van der Waals surface area contributed by atoms with E-state index in [0.717, 1.165) is 32.0 Å². The number of halogens is 1. The maximum Gasteiger partial charge on any atom is 0.258 e. The van der Waals surface area contributed by atoms with Gasteiger partial charge >= 0.3 is 0 Å². The zero-order valence-corrected chi connectivity index (χ0v) is 15.4. The van der Waals surface area contributed by atoms with Gasteiger partial charge in [-0.2, -0.15) is 0 Å². The number of hydrogen-bond donors (Lipinski definition) is 1. The van der Waals surface area contributed by atoms with E-state index in [1.54, 1.807) is 24.4 Å². The maximum absolute atomic E-state index is 13.7. The van der Waals surface area contributed by atoms with Gasteiger partial charge < -0.3 is 15.1 Å². The number of hydrogen-bond acceptors (Lipinski definition) is 4. The summed E-state index contributed by atoms with van der Waals surface area (Å²) in [4.78, 5) is 21.3. The molecule has 3 aromatic rings. The molecule has 1 aliphatic heterocycles. The zero-order valence-electron chi connectivity index (χ0n) is 15.4.